The molecule has 31 heavy (non-hydrogen) atoms. The van der Waals surface area contributed by atoms with Crippen LogP contribution in [0.3, 0.4) is 0 Å². The van der Waals surface area contributed by atoms with Crippen molar-refractivity contribution in [3.63, 3.8) is 0 Å². The van der Waals surface area contributed by atoms with Crippen LogP contribution in [-0.4, -0.2) is 51.8 Å². The summed E-state index contributed by atoms with van der Waals surface area (Å²) in [5.74, 6) is -0.261. The molecule has 7 nitrogen and oxygen atoms in total. The lowest BCUT2D eigenvalue weighted by Crippen LogP contribution is -2.23. The number of rotatable bonds is 7. The van der Waals surface area contributed by atoms with Crippen molar-refractivity contribution in [2.75, 3.05) is 38.4 Å². The van der Waals surface area contributed by atoms with E-state index in [-0.39, 0.29) is 17.2 Å². The molecule has 1 aromatic heterocycles. The Balaban J connectivity index is 1.81. The molecule has 164 valence electrons. The van der Waals surface area contributed by atoms with Gasteiger partial charge in [0.1, 0.15) is 5.01 Å². The number of thiazole rings is 1. The third-order valence-corrected chi connectivity index (χ3v) is 7.41. The van der Waals surface area contributed by atoms with Gasteiger partial charge in [-0.05, 0) is 31.2 Å². The monoisotopic (exact) mass is 458 g/mol. The fourth-order valence-electron chi connectivity index (χ4n) is 3.03. The number of aromatic nitrogens is 1. The number of amides is 1. The van der Waals surface area contributed by atoms with Crippen LogP contribution in [0, 0.1) is 6.92 Å². The highest BCUT2D eigenvalue weighted by atomic mass is 32.2. The summed E-state index contributed by atoms with van der Waals surface area (Å²) in [6.07, 6.45) is 0.0971. The first kappa shape index (κ1) is 22.9. The SMILES string of the molecule is Cc1cccc(-c2nc(CC(=O)Nc3cc(S(=O)(=O)N(C)C)ccc3N(C)C)cs2)c1. The van der Waals surface area contributed by atoms with E-state index in [4.69, 9.17) is 0 Å². The molecule has 0 saturated carbocycles. The lowest BCUT2D eigenvalue weighted by atomic mass is 10.1. The molecule has 3 aromatic rings. The van der Waals surface area contributed by atoms with Crippen molar-refractivity contribution in [1.82, 2.24) is 9.29 Å². The molecule has 1 amide bonds. The van der Waals surface area contributed by atoms with E-state index in [9.17, 15) is 13.2 Å². The van der Waals surface area contributed by atoms with Crippen LogP contribution in [0.15, 0.2) is 52.7 Å². The van der Waals surface area contributed by atoms with Crippen LogP contribution in [0.2, 0.25) is 0 Å². The molecule has 9 heteroatoms. The number of benzene rings is 2. The third kappa shape index (κ3) is 5.30. The summed E-state index contributed by atoms with van der Waals surface area (Å²) in [6, 6.07) is 12.8. The second-order valence-corrected chi connectivity index (χ2v) is 10.6. The molecule has 1 N–H and O–H groups in total. The van der Waals surface area contributed by atoms with E-state index in [1.165, 1.54) is 37.6 Å². The molecule has 0 bridgehead atoms. The fourth-order valence-corrected chi connectivity index (χ4v) is 4.78. The molecule has 3 rings (SSSR count). The first-order valence-electron chi connectivity index (χ1n) is 9.63. The van der Waals surface area contributed by atoms with Crippen molar-refractivity contribution in [1.29, 1.82) is 0 Å². The highest BCUT2D eigenvalue weighted by molar-refractivity contribution is 7.89. The molecular formula is C22H26N4O3S2. The van der Waals surface area contributed by atoms with Gasteiger partial charge in [-0.3, -0.25) is 4.79 Å². The molecule has 0 aliphatic rings. The van der Waals surface area contributed by atoms with Crippen LogP contribution in [-0.2, 0) is 21.2 Å². The van der Waals surface area contributed by atoms with Crippen LogP contribution in [0.25, 0.3) is 10.6 Å². The summed E-state index contributed by atoms with van der Waals surface area (Å²) in [7, 11) is 3.00. The van der Waals surface area contributed by atoms with Crippen molar-refractivity contribution < 1.29 is 13.2 Å². The Morgan fingerprint density at radius 3 is 2.48 bits per heavy atom. The summed E-state index contributed by atoms with van der Waals surface area (Å²) < 4.78 is 26.1. The van der Waals surface area contributed by atoms with E-state index < -0.39 is 10.0 Å². The van der Waals surface area contributed by atoms with Crippen LogP contribution in [0.4, 0.5) is 11.4 Å². The van der Waals surface area contributed by atoms with Gasteiger partial charge in [-0.25, -0.2) is 17.7 Å². The number of carbonyl (C=O) groups excluding carboxylic acids is 1. The fraction of sp³-hybridized carbons (Fsp3) is 0.273. The molecule has 0 aliphatic heterocycles. The quantitative estimate of drug-likeness (QED) is 0.585. The van der Waals surface area contributed by atoms with Crippen molar-refractivity contribution in [2.24, 2.45) is 0 Å². The molecule has 0 unspecified atom stereocenters. The van der Waals surface area contributed by atoms with Crippen LogP contribution in [0.5, 0.6) is 0 Å². The molecule has 2 aromatic carbocycles. The number of hydrogen-bond acceptors (Lipinski definition) is 6. The Labute approximate surface area is 187 Å². The maximum Gasteiger partial charge on any atom is 0.242 e. The Bertz CT molecular complexity index is 1200. The van der Waals surface area contributed by atoms with Gasteiger partial charge < -0.3 is 10.2 Å². The Morgan fingerprint density at radius 2 is 1.84 bits per heavy atom. The predicted octanol–water partition coefficient (Wildman–Crippen LogP) is 3.62. The zero-order valence-corrected chi connectivity index (χ0v) is 19.8. The van der Waals surface area contributed by atoms with E-state index in [1.54, 1.807) is 6.07 Å². The molecular weight excluding hydrogens is 432 g/mol. The minimum atomic E-state index is -3.61. The summed E-state index contributed by atoms with van der Waals surface area (Å²) >= 11 is 1.49. The van der Waals surface area contributed by atoms with Crippen molar-refractivity contribution in [3.05, 3.63) is 59.1 Å². The first-order valence-corrected chi connectivity index (χ1v) is 11.9. The minimum Gasteiger partial charge on any atom is -0.376 e. The Kier molecular flexibility index (Phi) is 6.78. The zero-order chi connectivity index (χ0) is 22.8. The Hall–Kier alpha value is -2.75. The topological polar surface area (TPSA) is 82.6 Å². The van der Waals surface area contributed by atoms with E-state index in [1.807, 2.05) is 49.5 Å². The lowest BCUT2D eigenvalue weighted by molar-refractivity contribution is -0.115. The largest absolute Gasteiger partial charge is 0.376 e. The smallest absolute Gasteiger partial charge is 0.242 e. The summed E-state index contributed by atoms with van der Waals surface area (Å²) in [4.78, 5) is 19.3. The van der Waals surface area contributed by atoms with Gasteiger partial charge in [-0.1, -0.05) is 23.8 Å². The van der Waals surface area contributed by atoms with E-state index in [2.05, 4.69) is 16.4 Å². The maximum atomic E-state index is 12.7. The van der Waals surface area contributed by atoms with Crippen LogP contribution in [0.1, 0.15) is 11.3 Å². The van der Waals surface area contributed by atoms with Gasteiger partial charge in [-0.2, -0.15) is 0 Å². The van der Waals surface area contributed by atoms with Gasteiger partial charge in [0.05, 0.1) is 28.4 Å². The molecule has 0 radical (unpaired) electrons. The average Bonchev–Trinajstić information content (AvgIpc) is 3.16. The summed E-state index contributed by atoms with van der Waals surface area (Å²) in [5.41, 5.74) is 3.99. The van der Waals surface area contributed by atoms with Crippen LogP contribution < -0.4 is 10.2 Å². The van der Waals surface area contributed by atoms with Crippen molar-refractivity contribution >= 4 is 38.6 Å². The van der Waals surface area contributed by atoms with Gasteiger partial charge in [0.2, 0.25) is 15.9 Å². The van der Waals surface area contributed by atoms with Gasteiger partial charge in [-0.15, -0.1) is 11.3 Å². The third-order valence-electron chi connectivity index (χ3n) is 4.66. The highest BCUT2D eigenvalue weighted by Crippen LogP contribution is 2.29. The van der Waals surface area contributed by atoms with E-state index >= 15 is 0 Å². The van der Waals surface area contributed by atoms with Gasteiger partial charge in [0.25, 0.3) is 0 Å². The molecule has 0 spiro atoms. The number of hydrogen-bond donors (Lipinski definition) is 1. The Morgan fingerprint density at radius 1 is 1.10 bits per heavy atom. The van der Waals surface area contributed by atoms with Gasteiger partial charge >= 0.3 is 0 Å². The van der Waals surface area contributed by atoms with Gasteiger partial charge in [0, 0.05) is 39.1 Å². The molecule has 0 atom stereocenters. The molecule has 0 saturated heterocycles. The molecule has 0 fully saturated rings. The molecule has 1 heterocycles. The van der Waals surface area contributed by atoms with Crippen molar-refractivity contribution in [3.8, 4) is 10.6 Å². The second-order valence-electron chi connectivity index (χ2n) is 7.60. The number of anilines is 2. The normalized spacial score (nSPS) is 11.5. The van der Waals surface area contributed by atoms with Crippen LogP contribution >= 0.6 is 11.3 Å². The average molecular weight is 459 g/mol. The first-order chi connectivity index (χ1) is 14.6. The standard InChI is InChI=1S/C22H26N4O3S2/c1-15-7-6-8-16(11-15)22-23-17(14-30-22)12-21(27)24-19-13-18(31(28,29)26(4)5)9-10-20(19)25(2)3/h6-11,13-14H,12H2,1-5H3,(H,24,27). The predicted molar refractivity (Wildman–Crippen MR) is 126 cm³/mol. The lowest BCUT2D eigenvalue weighted by Gasteiger charge is -2.20. The molecule has 0 aliphatic carbocycles. The number of nitrogens with one attached hydrogen (secondary N) is 1. The van der Waals surface area contributed by atoms with E-state index in [0.29, 0.717) is 17.1 Å². The van der Waals surface area contributed by atoms with Gasteiger partial charge in [0.15, 0.2) is 0 Å². The zero-order valence-electron chi connectivity index (χ0n) is 18.2. The van der Waals surface area contributed by atoms with E-state index in [0.717, 1.165) is 20.4 Å². The summed E-state index contributed by atoms with van der Waals surface area (Å²) in [6.45, 7) is 2.03. The summed E-state index contributed by atoms with van der Waals surface area (Å²) in [5, 5.41) is 5.58. The minimum absolute atomic E-state index is 0.0971. The number of sulfonamides is 1. The number of carbonyl (C=O) groups is 1. The van der Waals surface area contributed by atoms with Crippen molar-refractivity contribution in [2.45, 2.75) is 18.2 Å². The second kappa shape index (κ2) is 9.17. The number of nitrogens with zero attached hydrogens (tertiary/aromatic N) is 3. The number of aryl methyl sites for hydroxylation is 1. The highest BCUT2D eigenvalue weighted by Gasteiger charge is 2.20. The maximum absolute atomic E-state index is 12.7.